The molecule has 0 radical (unpaired) electrons. The summed E-state index contributed by atoms with van der Waals surface area (Å²) < 4.78 is 3.16. The Bertz CT molecular complexity index is 1550. The van der Waals surface area contributed by atoms with Crippen molar-refractivity contribution in [2.45, 2.75) is 19.3 Å². The van der Waals surface area contributed by atoms with Gasteiger partial charge in [0.05, 0.1) is 41.0 Å². The molecule has 1 aromatic carbocycles. The number of nitrogens with zero attached hydrogens (tertiary/aromatic N) is 6. The van der Waals surface area contributed by atoms with Gasteiger partial charge in [0.2, 0.25) is 0 Å². The van der Waals surface area contributed by atoms with E-state index in [9.17, 15) is 10.1 Å². The SMILES string of the molecule is CCC(C#N)c1ccc(-n2c(-c3cc(-c4cnc5[nH]ccc5n4)ccn3)cn(C)c2=O)cc1. The van der Waals surface area contributed by atoms with Crippen molar-refractivity contribution in [2.75, 3.05) is 0 Å². The molecule has 0 amide bonds. The average Bonchev–Trinajstić information content (AvgIpc) is 3.44. The van der Waals surface area contributed by atoms with Gasteiger partial charge in [0, 0.05) is 31.2 Å². The van der Waals surface area contributed by atoms with Gasteiger partial charge in [-0.25, -0.2) is 14.8 Å². The van der Waals surface area contributed by atoms with Gasteiger partial charge >= 0.3 is 5.69 Å². The van der Waals surface area contributed by atoms with Crippen LogP contribution in [0.1, 0.15) is 24.8 Å². The molecule has 5 aromatic rings. The van der Waals surface area contributed by atoms with Crippen LogP contribution in [0.15, 0.2) is 72.0 Å². The summed E-state index contributed by atoms with van der Waals surface area (Å²) in [5.74, 6) is -0.164. The number of aromatic nitrogens is 6. The number of rotatable bonds is 5. The smallest absolute Gasteiger partial charge is 0.333 e. The van der Waals surface area contributed by atoms with E-state index in [4.69, 9.17) is 0 Å². The van der Waals surface area contributed by atoms with Crippen LogP contribution in [-0.4, -0.2) is 29.1 Å². The first-order valence-electron chi connectivity index (χ1n) is 10.6. The molecule has 0 saturated carbocycles. The van der Waals surface area contributed by atoms with Crippen molar-refractivity contribution in [1.29, 1.82) is 5.26 Å². The van der Waals surface area contributed by atoms with E-state index in [1.807, 2.05) is 49.4 Å². The first-order chi connectivity index (χ1) is 16.1. The van der Waals surface area contributed by atoms with E-state index in [2.05, 4.69) is 26.0 Å². The summed E-state index contributed by atoms with van der Waals surface area (Å²) in [6, 6.07) is 15.5. The highest BCUT2D eigenvalue weighted by Crippen LogP contribution is 2.26. The normalized spacial score (nSPS) is 12.0. The lowest BCUT2D eigenvalue weighted by Gasteiger charge is -2.11. The predicted octanol–water partition coefficient (Wildman–Crippen LogP) is 4.19. The van der Waals surface area contributed by atoms with Gasteiger partial charge in [0.15, 0.2) is 5.65 Å². The van der Waals surface area contributed by atoms with Gasteiger partial charge < -0.3 is 9.55 Å². The molecule has 0 aliphatic carbocycles. The van der Waals surface area contributed by atoms with E-state index >= 15 is 0 Å². The number of hydrogen-bond acceptors (Lipinski definition) is 5. The maximum absolute atomic E-state index is 13.0. The molecule has 0 aliphatic heterocycles. The van der Waals surface area contributed by atoms with Crippen LogP contribution in [0.5, 0.6) is 0 Å². The topological polar surface area (TPSA) is 105 Å². The Kier molecular flexibility index (Phi) is 5.07. The zero-order valence-electron chi connectivity index (χ0n) is 18.2. The van der Waals surface area contributed by atoms with Gasteiger partial charge in [0.1, 0.15) is 5.52 Å². The van der Waals surface area contributed by atoms with Gasteiger partial charge in [-0.15, -0.1) is 0 Å². The van der Waals surface area contributed by atoms with E-state index in [1.54, 1.807) is 36.4 Å². The monoisotopic (exact) mass is 435 g/mol. The Morgan fingerprint density at radius 1 is 1.12 bits per heavy atom. The second kappa shape index (κ2) is 8.20. The van der Waals surface area contributed by atoms with Crippen molar-refractivity contribution >= 4 is 11.2 Å². The Labute approximate surface area is 189 Å². The maximum Gasteiger partial charge on any atom is 0.333 e. The Hall–Kier alpha value is -4.51. The molecule has 8 heteroatoms. The number of nitrogens with one attached hydrogen (secondary N) is 1. The molecule has 162 valence electrons. The summed E-state index contributed by atoms with van der Waals surface area (Å²) >= 11 is 0. The van der Waals surface area contributed by atoms with Gasteiger partial charge in [-0.3, -0.25) is 9.55 Å². The second-order valence-corrected chi connectivity index (χ2v) is 7.82. The van der Waals surface area contributed by atoms with E-state index in [0.717, 1.165) is 34.4 Å². The first kappa shape index (κ1) is 20.4. The minimum absolute atomic E-state index is 0.164. The quantitative estimate of drug-likeness (QED) is 0.446. The van der Waals surface area contributed by atoms with Crippen LogP contribution < -0.4 is 5.69 Å². The van der Waals surface area contributed by atoms with Crippen LogP contribution in [0.3, 0.4) is 0 Å². The number of H-pyrrole nitrogens is 1. The lowest BCUT2D eigenvalue weighted by atomic mass is 9.98. The van der Waals surface area contributed by atoms with Crippen molar-refractivity contribution in [3.8, 4) is 34.4 Å². The molecule has 1 N–H and O–H groups in total. The van der Waals surface area contributed by atoms with Crippen LogP contribution in [0.25, 0.3) is 39.5 Å². The summed E-state index contributed by atoms with van der Waals surface area (Å²) in [6.45, 7) is 1.98. The molecule has 0 saturated heterocycles. The first-order valence-corrected chi connectivity index (χ1v) is 10.6. The minimum Gasteiger partial charge on any atom is -0.345 e. The predicted molar refractivity (Wildman–Crippen MR) is 126 cm³/mol. The summed E-state index contributed by atoms with van der Waals surface area (Å²) in [6.07, 6.45) is 7.74. The molecule has 5 rings (SSSR count). The number of hydrogen-bond donors (Lipinski definition) is 1. The molecule has 4 aromatic heterocycles. The number of imidazole rings is 1. The van der Waals surface area contributed by atoms with E-state index < -0.39 is 0 Å². The third-order valence-corrected chi connectivity index (χ3v) is 5.75. The van der Waals surface area contributed by atoms with Crippen molar-refractivity contribution in [3.05, 3.63) is 83.3 Å². The third-order valence-electron chi connectivity index (χ3n) is 5.75. The molecule has 0 aliphatic rings. The van der Waals surface area contributed by atoms with Crippen molar-refractivity contribution in [1.82, 2.24) is 29.1 Å². The Morgan fingerprint density at radius 3 is 2.70 bits per heavy atom. The van der Waals surface area contributed by atoms with Gasteiger partial charge in [-0.1, -0.05) is 19.1 Å². The highest BCUT2D eigenvalue weighted by Gasteiger charge is 2.16. The van der Waals surface area contributed by atoms with Gasteiger partial charge in [-0.2, -0.15) is 5.26 Å². The van der Waals surface area contributed by atoms with E-state index in [0.29, 0.717) is 17.1 Å². The fourth-order valence-corrected chi connectivity index (χ4v) is 3.94. The van der Waals surface area contributed by atoms with Crippen LogP contribution in [0, 0.1) is 11.3 Å². The van der Waals surface area contributed by atoms with Crippen LogP contribution in [0.2, 0.25) is 0 Å². The zero-order valence-corrected chi connectivity index (χ0v) is 18.2. The number of pyridine rings is 1. The molecule has 0 bridgehead atoms. The van der Waals surface area contributed by atoms with Crippen LogP contribution >= 0.6 is 0 Å². The van der Waals surface area contributed by atoms with Crippen molar-refractivity contribution in [2.24, 2.45) is 7.05 Å². The Balaban J connectivity index is 1.59. The molecular formula is C25H21N7O. The zero-order chi connectivity index (χ0) is 22.9. The lowest BCUT2D eigenvalue weighted by molar-refractivity contribution is 0.812. The lowest BCUT2D eigenvalue weighted by Crippen LogP contribution is -2.21. The molecule has 1 atom stereocenters. The molecule has 1 unspecified atom stereocenters. The average molecular weight is 435 g/mol. The van der Waals surface area contributed by atoms with Gasteiger partial charge in [-0.05, 0) is 42.3 Å². The van der Waals surface area contributed by atoms with Crippen molar-refractivity contribution < 1.29 is 0 Å². The molecule has 33 heavy (non-hydrogen) atoms. The fourth-order valence-electron chi connectivity index (χ4n) is 3.94. The number of benzene rings is 1. The van der Waals surface area contributed by atoms with Crippen molar-refractivity contribution in [3.63, 3.8) is 0 Å². The number of aromatic amines is 1. The highest BCUT2D eigenvalue weighted by molar-refractivity contribution is 5.75. The van der Waals surface area contributed by atoms with E-state index in [-0.39, 0.29) is 11.6 Å². The number of fused-ring (bicyclic) bond motifs is 1. The number of nitriles is 1. The molecule has 4 heterocycles. The van der Waals surface area contributed by atoms with Crippen LogP contribution in [-0.2, 0) is 7.05 Å². The van der Waals surface area contributed by atoms with Crippen LogP contribution in [0.4, 0.5) is 0 Å². The molecule has 0 fully saturated rings. The molecular weight excluding hydrogens is 414 g/mol. The maximum atomic E-state index is 13.0. The van der Waals surface area contributed by atoms with Gasteiger partial charge in [0.25, 0.3) is 0 Å². The van der Waals surface area contributed by atoms with E-state index in [1.165, 1.54) is 4.57 Å². The third kappa shape index (κ3) is 3.59. The Morgan fingerprint density at radius 2 is 1.94 bits per heavy atom. The molecule has 8 nitrogen and oxygen atoms in total. The standard InChI is InChI=1S/C25H21N7O/c1-3-16(13-26)17-4-6-19(7-5-17)32-23(15-31(2)25(32)33)21-12-18(8-10-27-21)22-14-29-24-20(30-22)9-11-28-24/h4-12,14-16H,3H2,1-2H3,(H,28,29). The summed E-state index contributed by atoms with van der Waals surface area (Å²) in [4.78, 5) is 29.6. The summed E-state index contributed by atoms with van der Waals surface area (Å²) in [5, 5.41) is 9.34. The number of aryl methyl sites for hydroxylation is 1. The molecule has 0 spiro atoms. The summed E-state index contributed by atoms with van der Waals surface area (Å²) in [7, 11) is 1.72. The minimum atomic E-state index is -0.175. The summed E-state index contributed by atoms with van der Waals surface area (Å²) in [5.41, 5.74) is 5.89. The largest absolute Gasteiger partial charge is 0.345 e. The fraction of sp³-hybridized carbons (Fsp3) is 0.160. The second-order valence-electron chi connectivity index (χ2n) is 7.82. The highest BCUT2D eigenvalue weighted by atomic mass is 16.1.